The first-order chi connectivity index (χ1) is 43.6. The van der Waals surface area contributed by atoms with Gasteiger partial charge in [0.25, 0.3) is 0 Å². The van der Waals surface area contributed by atoms with Crippen LogP contribution in [0.2, 0.25) is 0 Å². The minimum Gasteiger partial charge on any atom is -0.388 e. The number of Topliss-reactive ketones (excluding diaryl/α,β-unsaturated/α-hetero) is 1. The minimum atomic E-state index is -2.67. The molecule has 0 unspecified atom stereocenters. The number of rotatable bonds is 0. The third-order valence-corrected chi connectivity index (χ3v) is 6.00. The second kappa shape index (κ2) is 172. The highest BCUT2D eigenvalue weighted by atomic mass is 32.2. The number of ketones is 1. The van der Waals surface area contributed by atoms with Crippen LogP contribution in [0.25, 0.3) is 0 Å². The van der Waals surface area contributed by atoms with E-state index in [1.165, 1.54) is 13.8 Å². The SMILES string of the molecule is C.C.C.CC.CC.CC.CC.CC.CC.CC.CC.CC.CC.CC(C)=O.COC.COC.CS(C)(=O)=O.c1ccccc1.c1ccccc1.c1ccccc1.c1ccccc1.c1ccccc1.c1ccccc1.c1ccccc1.c1ccccc1.c1ccccc1. The van der Waals surface area contributed by atoms with Crippen LogP contribution < -0.4 is 0 Å². The molecular weight excluding hydrogens is 1150 g/mol. The lowest BCUT2D eigenvalue weighted by Gasteiger charge is -1.69. The van der Waals surface area contributed by atoms with Crippen molar-refractivity contribution in [2.24, 2.45) is 0 Å². The molecule has 0 N–H and O–H groups in total. The number of benzene rings is 9. The summed E-state index contributed by atoms with van der Waals surface area (Å²) in [6, 6.07) is 108. The summed E-state index contributed by atoms with van der Waals surface area (Å²) in [5.74, 6) is 0.167. The van der Waals surface area contributed by atoms with Crippen molar-refractivity contribution in [3.63, 3.8) is 0 Å². The number of methoxy groups -OCH3 is 2. The van der Waals surface area contributed by atoms with E-state index in [0.29, 0.717) is 0 Å². The predicted octanol–water partition coefficient (Wildman–Crippen LogP) is 28.1. The summed E-state index contributed by atoms with van der Waals surface area (Å²) in [6.07, 6.45) is 2.32. The average molecular weight is 1300 g/mol. The van der Waals surface area contributed by atoms with Crippen LogP contribution in [0.4, 0.5) is 0 Å². The van der Waals surface area contributed by atoms with Gasteiger partial charge in [0.1, 0.15) is 15.6 Å². The molecule has 0 bridgehead atoms. The van der Waals surface area contributed by atoms with Crippen LogP contribution in [0.5, 0.6) is 0 Å². The normalized spacial score (nSPS) is 6.65. The van der Waals surface area contributed by atoms with Gasteiger partial charge in [0, 0.05) is 41.0 Å². The summed E-state index contributed by atoms with van der Waals surface area (Å²) in [4.78, 5) is 9.44. The Labute approximate surface area is 578 Å². The van der Waals surface area contributed by atoms with Crippen LogP contribution in [0.15, 0.2) is 328 Å². The molecule has 0 aliphatic carbocycles. The third kappa shape index (κ3) is 253. The van der Waals surface area contributed by atoms with Gasteiger partial charge < -0.3 is 14.3 Å². The van der Waals surface area contributed by atoms with E-state index in [1.54, 1.807) is 28.4 Å². The standard InChI is InChI=1S/9C6H6.C3H6O.C2H6O2S.2C2H6O.10C2H6.3CH4/c9*1-2-4-6-5-3-1;1-3(2)4;1-5(2,3)4;2*1-3-2;10*1-2;;;/h9*1-6H;1-2H3;1-2H3;2*1-2H3;10*1-2H3;3*1H4. The van der Waals surface area contributed by atoms with Gasteiger partial charge in [-0.1, -0.05) is 488 Å². The Bertz CT molecular complexity index is 1490. The monoisotopic (exact) mass is 1300 g/mol. The second-order valence-electron chi connectivity index (χ2n) is 13.3. The van der Waals surface area contributed by atoms with Crippen LogP contribution in [0, 0.1) is 0 Å². The molecule has 0 heterocycles. The molecule has 0 aliphatic rings. The first-order valence-corrected chi connectivity index (χ1v) is 34.3. The van der Waals surface area contributed by atoms with Crippen LogP contribution in [0.3, 0.4) is 0 Å². The van der Waals surface area contributed by atoms with Crippen molar-refractivity contribution in [3.05, 3.63) is 328 Å². The number of hydrogen-bond donors (Lipinski definition) is 0. The maximum atomic E-state index is 9.63. The Balaban J connectivity index is -0.0000000432. The number of carbonyl (C=O) groups is 1. The van der Waals surface area contributed by atoms with Crippen molar-refractivity contribution in [2.75, 3.05) is 41.0 Å². The summed E-state index contributed by atoms with van der Waals surface area (Å²) >= 11 is 0. The van der Waals surface area contributed by atoms with Gasteiger partial charge >= 0.3 is 0 Å². The van der Waals surface area contributed by atoms with E-state index in [0.717, 1.165) is 12.5 Å². The zero-order chi connectivity index (χ0) is 71.7. The zero-order valence-electron chi connectivity index (χ0n) is 62.1. The van der Waals surface area contributed by atoms with Gasteiger partial charge in [0.15, 0.2) is 0 Å². The van der Waals surface area contributed by atoms with E-state index >= 15 is 0 Å². The van der Waals surface area contributed by atoms with Gasteiger partial charge in [0.2, 0.25) is 0 Å². The average Bonchev–Trinajstić information content (AvgIpc) is 3.65. The summed E-state index contributed by atoms with van der Waals surface area (Å²) in [6.45, 7) is 43.1. The van der Waals surface area contributed by atoms with Crippen LogP contribution in [-0.2, 0) is 24.1 Å². The van der Waals surface area contributed by atoms with Gasteiger partial charge in [-0.15, -0.1) is 0 Å². The Hall–Kier alpha value is -7.48. The molecule has 0 saturated carbocycles. The van der Waals surface area contributed by atoms with Gasteiger partial charge in [-0.3, -0.25) is 0 Å². The zero-order valence-corrected chi connectivity index (χ0v) is 62.9. The molecule has 5 nitrogen and oxygen atoms in total. The maximum Gasteiger partial charge on any atom is 0.144 e. The molecule has 9 aromatic carbocycles. The van der Waals surface area contributed by atoms with Gasteiger partial charge in [0.05, 0.1) is 0 Å². The fourth-order valence-corrected chi connectivity index (χ4v) is 3.46. The lowest BCUT2D eigenvalue weighted by atomic mass is 10.4. The molecule has 0 fully saturated rings. The van der Waals surface area contributed by atoms with Gasteiger partial charge in [-0.25, -0.2) is 8.42 Å². The lowest BCUT2D eigenvalue weighted by molar-refractivity contribution is -0.115. The molecule has 9 aromatic rings. The van der Waals surface area contributed by atoms with Crippen LogP contribution in [0.1, 0.15) is 175 Å². The van der Waals surface area contributed by atoms with Crippen LogP contribution in [-0.4, -0.2) is 55.2 Å². The summed E-state index contributed by atoms with van der Waals surface area (Å²) < 4.78 is 27.8. The molecule has 0 saturated heterocycles. The molecule has 0 aromatic heterocycles. The van der Waals surface area contributed by atoms with Crippen molar-refractivity contribution < 1.29 is 22.7 Å². The highest BCUT2D eigenvalue weighted by Gasteiger charge is 1.79. The number of hydrogen-bond acceptors (Lipinski definition) is 5. The predicted molar refractivity (Wildman–Crippen MR) is 435 cm³/mol. The first kappa shape index (κ1) is 129. The molecule has 0 atom stereocenters. The Morgan fingerprint density at radius 3 is 0.207 bits per heavy atom. The molecule has 0 amide bonds. The fraction of sp³-hybridized carbons (Fsp3) is 0.360. The van der Waals surface area contributed by atoms with Crippen molar-refractivity contribution in [3.8, 4) is 0 Å². The topological polar surface area (TPSA) is 69.7 Å². The summed E-state index contributed by atoms with van der Waals surface area (Å²) in [5.41, 5.74) is 0. The number of sulfone groups is 1. The Kier molecular flexibility index (Phi) is 242. The van der Waals surface area contributed by atoms with Crippen LogP contribution >= 0.6 is 0 Å². The largest absolute Gasteiger partial charge is 0.388 e. The highest BCUT2D eigenvalue weighted by Crippen LogP contribution is 1.85. The molecule has 0 aliphatic heterocycles. The molecule has 0 radical (unpaired) electrons. The molecule has 530 valence electrons. The smallest absolute Gasteiger partial charge is 0.144 e. The Morgan fingerprint density at radius 1 is 0.185 bits per heavy atom. The number of carbonyl (C=O) groups excluding carboxylic acids is 1. The first-order valence-electron chi connectivity index (χ1n) is 32.0. The Morgan fingerprint density at radius 2 is 0.196 bits per heavy atom. The second-order valence-corrected chi connectivity index (χ2v) is 15.5. The van der Waals surface area contributed by atoms with Crippen molar-refractivity contribution >= 4 is 15.6 Å². The van der Waals surface area contributed by atoms with E-state index in [9.17, 15) is 13.2 Å². The maximum absolute atomic E-state index is 9.63. The van der Waals surface area contributed by atoms with Gasteiger partial charge in [-0.2, -0.15) is 0 Å². The van der Waals surface area contributed by atoms with E-state index in [-0.39, 0.29) is 28.1 Å². The van der Waals surface area contributed by atoms with E-state index < -0.39 is 9.84 Å². The lowest BCUT2D eigenvalue weighted by Crippen LogP contribution is -1.86. The van der Waals surface area contributed by atoms with E-state index in [4.69, 9.17) is 0 Å². The summed E-state index contributed by atoms with van der Waals surface area (Å²) in [5, 5.41) is 0. The van der Waals surface area contributed by atoms with Gasteiger partial charge in [-0.05, 0) is 13.8 Å². The molecule has 0 spiro atoms. The van der Waals surface area contributed by atoms with E-state index in [2.05, 4.69) is 9.47 Å². The molecule has 9 rings (SSSR count). The summed E-state index contributed by atoms with van der Waals surface area (Å²) in [7, 11) is 3.83. The molecular formula is C86H150O5S. The quantitative estimate of drug-likeness (QED) is 0.151. The highest BCUT2D eigenvalue weighted by molar-refractivity contribution is 7.89. The minimum absolute atomic E-state index is 0. The third-order valence-electron chi connectivity index (χ3n) is 6.00. The van der Waals surface area contributed by atoms with Crippen molar-refractivity contribution in [1.82, 2.24) is 0 Å². The fourth-order valence-electron chi connectivity index (χ4n) is 3.46. The van der Waals surface area contributed by atoms with E-state index in [1.807, 2.05) is 466 Å². The molecule has 92 heavy (non-hydrogen) atoms. The number of ether oxygens (including phenoxy) is 2. The van der Waals surface area contributed by atoms with Crippen molar-refractivity contribution in [2.45, 2.75) is 175 Å². The molecule has 6 heteroatoms. The van der Waals surface area contributed by atoms with Crippen molar-refractivity contribution in [1.29, 1.82) is 0 Å².